The van der Waals surface area contributed by atoms with Crippen molar-refractivity contribution in [1.29, 1.82) is 0 Å². The number of sulfonamides is 1. The fourth-order valence-corrected chi connectivity index (χ4v) is 2.89. The predicted octanol–water partition coefficient (Wildman–Crippen LogP) is 3.12. The van der Waals surface area contributed by atoms with Gasteiger partial charge in [-0.1, -0.05) is 30.1 Å². The van der Waals surface area contributed by atoms with Crippen LogP contribution in [0, 0.1) is 0 Å². The molecule has 0 aliphatic carbocycles. The number of benzene rings is 1. The van der Waals surface area contributed by atoms with E-state index in [4.69, 9.17) is 23.2 Å². The highest BCUT2D eigenvalue weighted by Crippen LogP contribution is 2.25. The number of rotatable bonds is 8. The topological polar surface area (TPSA) is 58.2 Å². The molecule has 0 amide bonds. The molecule has 4 nitrogen and oxygen atoms in total. The van der Waals surface area contributed by atoms with E-state index in [0.29, 0.717) is 28.7 Å². The van der Waals surface area contributed by atoms with Crippen LogP contribution >= 0.6 is 23.2 Å². The van der Waals surface area contributed by atoms with Gasteiger partial charge in [0.2, 0.25) is 10.0 Å². The Morgan fingerprint density at radius 2 is 1.89 bits per heavy atom. The summed E-state index contributed by atoms with van der Waals surface area (Å²) < 4.78 is 26.1. The number of halogens is 2. The molecule has 0 spiro atoms. The van der Waals surface area contributed by atoms with Crippen molar-refractivity contribution in [3.8, 4) is 0 Å². The summed E-state index contributed by atoms with van der Waals surface area (Å²) in [6.07, 6.45) is 1.60. The number of nitrogens with one attached hydrogen (secondary N) is 2. The van der Waals surface area contributed by atoms with Crippen molar-refractivity contribution in [1.82, 2.24) is 5.32 Å². The number of anilines is 1. The average molecular weight is 325 g/mol. The second kappa shape index (κ2) is 7.94. The lowest BCUT2D eigenvalue weighted by atomic mass is 10.3. The van der Waals surface area contributed by atoms with Crippen LogP contribution in [0.4, 0.5) is 5.69 Å². The maximum Gasteiger partial charge on any atom is 0.232 e. The van der Waals surface area contributed by atoms with Crippen LogP contribution in [0.2, 0.25) is 10.0 Å². The second-order valence-electron chi connectivity index (χ2n) is 4.15. The molecule has 0 saturated carbocycles. The summed E-state index contributed by atoms with van der Waals surface area (Å²) in [5.41, 5.74) is 0.427. The Morgan fingerprint density at radius 3 is 2.53 bits per heavy atom. The fourth-order valence-electron chi connectivity index (χ4n) is 1.48. The van der Waals surface area contributed by atoms with Crippen LogP contribution in [0.15, 0.2) is 18.2 Å². The lowest BCUT2D eigenvalue weighted by Crippen LogP contribution is -2.22. The molecular weight excluding hydrogens is 307 g/mol. The molecule has 0 aliphatic heterocycles. The van der Waals surface area contributed by atoms with Crippen molar-refractivity contribution in [3.63, 3.8) is 0 Å². The molecule has 0 heterocycles. The Hall–Kier alpha value is -0.490. The van der Waals surface area contributed by atoms with Crippen LogP contribution in [0.25, 0.3) is 0 Å². The Labute approximate surface area is 124 Å². The molecule has 0 bridgehead atoms. The molecule has 0 fully saturated rings. The quantitative estimate of drug-likeness (QED) is 0.722. The van der Waals surface area contributed by atoms with Crippen molar-refractivity contribution in [3.05, 3.63) is 28.2 Å². The van der Waals surface area contributed by atoms with Gasteiger partial charge in [0.05, 0.1) is 21.5 Å². The van der Waals surface area contributed by atoms with Crippen molar-refractivity contribution >= 4 is 38.9 Å². The van der Waals surface area contributed by atoms with Gasteiger partial charge >= 0.3 is 0 Å². The first-order valence-corrected chi connectivity index (χ1v) is 8.51. The first-order chi connectivity index (χ1) is 8.94. The standard InChI is InChI=1S/C12H18Cl2N2O2S/c1-2-6-15-7-3-8-19(17,18)16-10-4-5-11(13)12(14)9-10/h4-5,9,15-16H,2-3,6-8H2,1H3. The lowest BCUT2D eigenvalue weighted by Gasteiger charge is -2.09. The van der Waals surface area contributed by atoms with Crippen molar-refractivity contribution in [2.45, 2.75) is 19.8 Å². The highest BCUT2D eigenvalue weighted by molar-refractivity contribution is 7.92. The van der Waals surface area contributed by atoms with Gasteiger partial charge in [-0.15, -0.1) is 0 Å². The zero-order valence-corrected chi connectivity index (χ0v) is 13.1. The zero-order chi connectivity index (χ0) is 14.3. The molecule has 19 heavy (non-hydrogen) atoms. The maximum atomic E-state index is 11.8. The van der Waals surface area contributed by atoms with Gasteiger partial charge in [0.25, 0.3) is 0 Å². The van der Waals surface area contributed by atoms with E-state index in [1.807, 2.05) is 0 Å². The largest absolute Gasteiger partial charge is 0.317 e. The van der Waals surface area contributed by atoms with E-state index in [9.17, 15) is 8.42 Å². The van der Waals surface area contributed by atoms with E-state index in [1.165, 1.54) is 6.07 Å². The molecular formula is C12H18Cl2N2O2S. The van der Waals surface area contributed by atoms with Gasteiger partial charge in [0.1, 0.15) is 0 Å². The molecule has 108 valence electrons. The first kappa shape index (κ1) is 16.6. The van der Waals surface area contributed by atoms with Gasteiger partial charge in [-0.05, 0) is 44.1 Å². The molecule has 0 unspecified atom stereocenters. The third-order valence-corrected chi connectivity index (χ3v) is 4.50. The lowest BCUT2D eigenvalue weighted by molar-refractivity contribution is 0.593. The summed E-state index contributed by atoms with van der Waals surface area (Å²) >= 11 is 11.6. The van der Waals surface area contributed by atoms with Gasteiger partial charge < -0.3 is 5.32 Å². The van der Waals surface area contributed by atoms with Gasteiger partial charge in [-0.3, -0.25) is 4.72 Å². The SMILES string of the molecule is CCCNCCCS(=O)(=O)Nc1ccc(Cl)c(Cl)c1. The fraction of sp³-hybridized carbons (Fsp3) is 0.500. The minimum Gasteiger partial charge on any atom is -0.317 e. The first-order valence-electron chi connectivity index (χ1n) is 6.11. The molecule has 1 aromatic carbocycles. The highest BCUT2D eigenvalue weighted by atomic mass is 35.5. The van der Waals surface area contributed by atoms with Crippen LogP contribution in [0.5, 0.6) is 0 Å². The van der Waals surface area contributed by atoms with E-state index in [2.05, 4.69) is 17.0 Å². The predicted molar refractivity (Wildman–Crippen MR) is 81.6 cm³/mol. The van der Waals surface area contributed by atoms with Crippen LogP contribution in [-0.4, -0.2) is 27.3 Å². The molecule has 7 heteroatoms. The summed E-state index contributed by atoms with van der Waals surface area (Å²) in [5, 5.41) is 3.88. The van der Waals surface area contributed by atoms with E-state index in [1.54, 1.807) is 12.1 Å². The van der Waals surface area contributed by atoms with E-state index in [-0.39, 0.29) is 5.75 Å². The maximum absolute atomic E-state index is 11.8. The van der Waals surface area contributed by atoms with Crippen LogP contribution in [0.1, 0.15) is 19.8 Å². The summed E-state index contributed by atoms with van der Waals surface area (Å²) in [6.45, 7) is 3.66. The second-order valence-corrected chi connectivity index (χ2v) is 6.81. The smallest absolute Gasteiger partial charge is 0.232 e. The molecule has 0 atom stereocenters. The van der Waals surface area contributed by atoms with Crippen LogP contribution in [0.3, 0.4) is 0 Å². The Morgan fingerprint density at radius 1 is 1.16 bits per heavy atom. The van der Waals surface area contributed by atoms with E-state index in [0.717, 1.165) is 13.0 Å². The summed E-state index contributed by atoms with van der Waals surface area (Å²) in [7, 11) is -3.34. The van der Waals surface area contributed by atoms with E-state index >= 15 is 0 Å². The normalized spacial score (nSPS) is 11.5. The molecule has 0 radical (unpaired) electrons. The monoisotopic (exact) mass is 324 g/mol. The Bertz CT molecular complexity index is 506. The third kappa shape index (κ3) is 6.47. The summed E-state index contributed by atoms with van der Waals surface area (Å²) in [6, 6.07) is 4.64. The van der Waals surface area contributed by atoms with Crippen LogP contribution in [-0.2, 0) is 10.0 Å². The summed E-state index contributed by atoms with van der Waals surface area (Å²) in [4.78, 5) is 0. The highest BCUT2D eigenvalue weighted by Gasteiger charge is 2.10. The minimum absolute atomic E-state index is 0.0734. The average Bonchev–Trinajstić information content (AvgIpc) is 2.33. The van der Waals surface area contributed by atoms with Gasteiger partial charge in [-0.25, -0.2) is 8.42 Å². The van der Waals surface area contributed by atoms with Crippen LogP contribution < -0.4 is 10.0 Å². The minimum atomic E-state index is -3.34. The Balaban J connectivity index is 2.47. The molecule has 0 aromatic heterocycles. The van der Waals surface area contributed by atoms with Gasteiger partial charge in [0.15, 0.2) is 0 Å². The van der Waals surface area contributed by atoms with Gasteiger partial charge in [0, 0.05) is 0 Å². The third-order valence-electron chi connectivity index (χ3n) is 2.39. The van der Waals surface area contributed by atoms with Crippen molar-refractivity contribution in [2.75, 3.05) is 23.6 Å². The molecule has 2 N–H and O–H groups in total. The molecule has 1 aromatic rings. The Kier molecular flexibility index (Phi) is 6.93. The number of hydrogen-bond acceptors (Lipinski definition) is 3. The molecule has 1 rings (SSSR count). The zero-order valence-electron chi connectivity index (χ0n) is 10.7. The van der Waals surface area contributed by atoms with Crippen molar-refractivity contribution in [2.24, 2.45) is 0 Å². The van der Waals surface area contributed by atoms with Gasteiger partial charge in [-0.2, -0.15) is 0 Å². The number of hydrogen-bond donors (Lipinski definition) is 2. The molecule has 0 aliphatic rings. The van der Waals surface area contributed by atoms with E-state index < -0.39 is 10.0 Å². The summed E-state index contributed by atoms with van der Waals surface area (Å²) in [5.74, 6) is 0.0734. The molecule has 0 saturated heterocycles. The van der Waals surface area contributed by atoms with Crippen molar-refractivity contribution < 1.29 is 8.42 Å².